The highest BCUT2D eigenvalue weighted by atomic mass is 32.1. The summed E-state index contributed by atoms with van der Waals surface area (Å²) >= 11 is 1.57. The zero-order valence-electron chi connectivity index (χ0n) is 14.5. The second-order valence-corrected chi connectivity index (χ2v) is 7.94. The lowest BCUT2D eigenvalue weighted by atomic mass is 10.1. The first-order chi connectivity index (χ1) is 12.6. The Balaban J connectivity index is 1.38. The van der Waals surface area contributed by atoms with E-state index < -0.39 is 5.92 Å². The van der Waals surface area contributed by atoms with E-state index in [2.05, 4.69) is 30.4 Å². The van der Waals surface area contributed by atoms with E-state index in [9.17, 15) is 8.78 Å². The summed E-state index contributed by atoms with van der Waals surface area (Å²) in [5, 5.41) is 7.99. The average molecular weight is 383 g/mol. The summed E-state index contributed by atoms with van der Waals surface area (Å²) in [5.74, 6) is 3.99. The van der Waals surface area contributed by atoms with Crippen molar-refractivity contribution in [1.29, 1.82) is 0 Å². The van der Waals surface area contributed by atoms with Crippen LogP contribution in [0.5, 0.6) is 0 Å². The number of anilines is 2. The van der Waals surface area contributed by atoms with E-state index in [1.165, 1.54) is 4.88 Å². The highest BCUT2D eigenvalue weighted by Crippen LogP contribution is 2.38. The van der Waals surface area contributed by atoms with Crippen LogP contribution in [-0.2, 0) is 6.42 Å². The van der Waals surface area contributed by atoms with Gasteiger partial charge in [-0.3, -0.25) is 10.5 Å². The Morgan fingerprint density at radius 1 is 1.27 bits per heavy atom. The van der Waals surface area contributed by atoms with E-state index in [0.717, 1.165) is 49.6 Å². The molecule has 0 bridgehead atoms. The third-order valence-corrected chi connectivity index (χ3v) is 6.16. The van der Waals surface area contributed by atoms with Crippen LogP contribution in [-0.4, -0.2) is 58.7 Å². The highest BCUT2D eigenvalue weighted by molar-refractivity contribution is 7.16. The molecule has 26 heavy (non-hydrogen) atoms. The van der Waals surface area contributed by atoms with Gasteiger partial charge in [0.2, 0.25) is 0 Å². The normalized spacial score (nSPS) is 19.7. The monoisotopic (exact) mass is 383 g/mol. The molecule has 4 rings (SSSR count). The SMILES string of the molecule is NNc1nc2c(s1)CCN(CCCN1CCC(F)(F)CC1)c1[nH]ncc1-2. The number of hydrazine groups is 1. The Hall–Kier alpha value is -1.78. The molecule has 2 aliphatic rings. The van der Waals surface area contributed by atoms with Gasteiger partial charge < -0.3 is 9.80 Å². The Bertz CT molecular complexity index is 750. The number of alkyl halides is 2. The molecule has 2 aromatic rings. The number of nitrogen functional groups attached to an aromatic ring is 1. The van der Waals surface area contributed by atoms with Gasteiger partial charge in [0.1, 0.15) is 5.82 Å². The number of nitrogens with zero attached hydrogens (tertiary/aromatic N) is 4. The van der Waals surface area contributed by atoms with Crippen LogP contribution in [0.3, 0.4) is 0 Å². The van der Waals surface area contributed by atoms with Crippen LogP contribution in [0.15, 0.2) is 6.20 Å². The van der Waals surface area contributed by atoms with Gasteiger partial charge in [0.25, 0.3) is 5.92 Å². The van der Waals surface area contributed by atoms with Gasteiger partial charge in [-0.2, -0.15) is 5.10 Å². The maximum absolute atomic E-state index is 13.3. The number of hydrogen-bond donors (Lipinski definition) is 3. The standard InChI is InChI=1S/C16H23F2N7S/c17-16(18)3-8-24(9-4-16)5-1-6-25-7-2-12-13(21-15(22-19)26-12)11-10-20-23-14(11)25/h10H,1-9,19H2,(H,20,23)(H,21,22). The molecule has 0 saturated carbocycles. The summed E-state index contributed by atoms with van der Waals surface area (Å²) < 4.78 is 26.5. The third-order valence-electron chi connectivity index (χ3n) is 5.11. The first kappa shape index (κ1) is 17.6. The van der Waals surface area contributed by atoms with Gasteiger partial charge in [-0.1, -0.05) is 0 Å². The zero-order chi connectivity index (χ0) is 18.1. The van der Waals surface area contributed by atoms with Crippen molar-refractivity contribution in [2.45, 2.75) is 31.6 Å². The third kappa shape index (κ3) is 3.53. The number of fused-ring (bicyclic) bond motifs is 3. The molecular weight excluding hydrogens is 360 g/mol. The quantitative estimate of drug-likeness (QED) is 0.543. The van der Waals surface area contributed by atoms with Crippen molar-refractivity contribution in [3.63, 3.8) is 0 Å². The molecule has 0 spiro atoms. The molecule has 1 fully saturated rings. The number of rotatable bonds is 5. The smallest absolute Gasteiger partial charge is 0.250 e. The van der Waals surface area contributed by atoms with Crippen LogP contribution in [0.25, 0.3) is 11.3 Å². The van der Waals surface area contributed by atoms with Crippen molar-refractivity contribution in [2.75, 3.05) is 43.0 Å². The summed E-state index contributed by atoms with van der Waals surface area (Å²) in [4.78, 5) is 10.2. The van der Waals surface area contributed by atoms with Crippen molar-refractivity contribution < 1.29 is 8.78 Å². The predicted octanol–water partition coefficient (Wildman–Crippen LogP) is 2.30. The van der Waals surface area contributed by atoms with Gasteiger partial charge in [0.05, 0.1) is 17.5 Å². The number of aromatic nitrogens is 3. The molecule has 10 heteroatoms. The van der Waals surface area contributed by atoms with E-state index in [1.807, 2.05) is 0 Å². The van der Waals surface area contributed by atoms with Gasteiger partial charge in [-0.05, 0) is 13.0 Å². The van der Waals surface area contributed by atoms with Crippen LogP contribution >= 0.6 is 11.3 Å². The molecule has 0 amide bonds. The highest BCUT2D eigenvalue weighted by Gasteiger charge is 2.33. The maximum atomic E-state index is 13.3. The van der Waals surface area contributed by atoms with E-state index in [0.29, 0.717) is 18.2 Å². The molecule has 2 aliphatic heterocycles. The van der Waals surface area contributed by atoms with E-state index >= 15 is 0 Å². The van der Waals surface area contributed by atoms with Crippen LogP contribution in [0.1, 0.15) is 24.1 Å². The molecule has 142 valence electrons. The lowest BCUT2D eigenvalue weighted by Gasteiger charge is -2.32. The first-order valence-corrected chi connectivity index (χ1v) is 9.72. The number of H-pyrrole nitrogens is 1. The Labute approximate surface area is 154 Å². The van der Waals surface area contributed by atoms with Crippen molar-refractivity contribution in [3.05, 3.63) is 11.1 Å². The van der Waals surface area contributed by atoms with Gasteiger partial charge >= 0.3 is 0 Å². The topological polar surface area (TPSA) is 86.1 Å². The van der Waals surface area contributed by atoms with Crippen molar-refractivity contribution in [2.24, 2.45) is 5.84 Å². The lowest BCUT2D eigenvalue weighted by Crippen LogP contribution is -2.40. The summed E-state index contributed by atoms with van der Waals surface area (Å²) in [6, 6.07) is 0. The summed E-state index contributed by atoms with van der Waals surface area (Å²) in [6.07, 6.45) is 3.59. The molecular formula is C16H23F2N7S. The number of piperidine rings is 1. The fraction of sp³-hybridized carbons (Fsp3) is 0.625. The number of nitrogens with one attached hydrogen (secondary N) is 2. The fourth-order valence-electron chi connectivity index (χ4n) is 3.65. The minimum atomic E-state index is -2.48. The molecule has 0 aliphatic carbocycles. The minimum Gasteiger partial charge on any atom is -0.356 e. The second-order valence-electron chi connectivity index (χ2n) is 6.86. The lowest BCUT2D eigenvalue weighted by molar-refractivity contribution is -0.0550. The largest absolute Gasteiger partial charge is 0.356 e. The molecule has 1 saturated heterocycles. The number of hydrogen-bond acceptors (Lipinski definition) is 7. The summed E-state index contributed by atoms with van der Waals surface area (Å²) in [7, 11) is 0. The van der Waals surface area contributed by atoms with E-state index in [-0.39, 0.29) is 12.8 Å². The van der Waals surface area contributed by atoms with Crippen LogP contribution < -0.4 is 16.2 Å². The number of nitrogens with two attached hydrogens (primary N) is 1. The van der Waals surface area contributed by atoms with Gasteiger partial charge in [0.15, 0.2) is 5.13 Å². The van der Waals surface area contributed by atoms with Crippen molar-refractivity contribution in [3.8, 4) is 11.3 Å². The van der Waals surface area contributed by atoms with E-state index in [4.69, 9.17) is 5.84 Å². The zero-order valence-corrected chi connectivity index (χ0v) is 15.3. The molecule has 0 aromatic carbocycles. The summed E-state index contributed by atoms with van der Waals surface area (Å²) in [5.41, 5.74) is 4.55. The molecule has 7 nitrogen and oxygen atoms in total. The van der Waals surface area contributed by atoms with Crippen molar-refractivity contribution in [1.82, 2.24) is 20.1 Å². The van der Waals surface area contributed by atoms with E-state index in [1.54, 1.807) is 17.5 Å². The fourth-order valence-corrected chi connectivity index (χ4v) is 4.52. The minimum absolute atomic E-state index is 0.0230. The molecule has 4 heterocycles. The Morgan fingerprint density at radius 2 is 2.08 bits per heavy atom. The number of halogens is 2. The van der Waals surface area contributed by atoms with Crippen molar-refractivity contribution >= 4 is 22.3 Å². The summed E-state index contributed by atoms with van der Waals surface area (Å²) in [6.45, 7) is 3.54. The molecule has 0 atom stereocenters. The Kier molecular flexibility index (Phi) is 4.80. The van der Waals surface area contributed by atoms with Crippen LogP contribution in [0, 0.1) is 0 Å². The van der Waals surface area contributed by atoms with Gasteiger partial charge in [-0.25, -0.2) is 19.6 Å². The number of aromatic amines is 1. The predicted molar refractivity (Wildman–Crippen MR) is 98.7 cm³/mol. The second kappa shape index (κ2) is 7.09. The van der Waals surface area contributed by atoms with Gasteiger partial charge in [-0.15, -0.1) is 11.3 Å². The average Bonchev–Trinajstić information content (AvgIpc) is 3.23. The number of thiazole rings is 1. The Morgan fingerprint density at radius 3 is 2.85 bits per heavy atom. The number of likely N-dealkylation sites (tertiary alicyclic amines) is 1. The molecule has 2 aromatic heterocycles. The molecule has 0 radical (unpaired) electrons. The van der Waals surface area contributed by atoms with Crippen LogP contribution in [0.4, 0.5) is 19.7 Å². The molecule has 4 N–H and O–H groups in total. The first-order valence-electron chi connectivity index (χ1n) is 8.91. The van der Waals surface area contributed by atoms with Crippen LogP contribution in [0.2, 0.25) is 0 Å². The molecule has 0 unspecified atom stereocenters. The van der Waals surface area contributed by atoms with Gasteiger partial charge in [0, 0.05) is 50.3 Å². The maximum Gasteiger partial charge on any atom is 0.250 e.